The van der Waals surface area contributed by atoms with Crippen LogP contribution in [-0.4, -0.2) is 55.5 Å². The van der Waals surface area contributed by atoms with E-state index in [1.165, 1.54) is 41.3 Å². The van der Waals surface area contributed by atoms with E-state index in [0.29, 0.717) is 33.6 Å². The van der Waals surface area contributed by atoms with Gasteiger partial charge in [-0.25, -0.2) is 9.37 Å². The smallest absolute Gasteiger partial charge is 0.346 e. The van der Waals surface area contributed by atoms with Crippen molar-refractivity contribution < 1.29 is 23.6 Å². The molecule has 5 aromatic rings. The van der Waals surface area contributed by atoms with Gasteiger partial charge in [-0.05, 0) is 54.1 Å². The Bertz CT molecular complexity index is 1850. The number of benzene rings is 3. The zero-order valence-corrected chi connectivity index (χ0v) is 23.2. The van der Waals surface area contributed by atoms with Crippen LogP contribution in [0.2, 0.25) is 5.02 Å². The summed E-state index contributed by atoms with van der Waals surface area (Å²) >= 11 is 6.42. The second kappa shape index (κ2) is 11.1. The molecule has 2 amide bonds. The number of nitrogens with zero attached hydrogens (tertiary/aromatic N) is 6. The summed E-state index contributed by atoms with van der Waals surface area (Å²) in [4.78, 5) is 43.0. The van der Waals surface area contributed by atoms with Crippen LogP contribution < -0.4 is 14.9 Å². The Kier molecular flexibility index (Phi) is 7.13. The van der Waals surface area contributed by atoms with E-state index in [-0.39, 0.29) is 35.6 Å². The van der Waals surface area contributed by atoms with Crippen LogP contribution in [0.1, 0.15) is 34.5 Å². The molecule has 6 rings (SSSR count). The predicted octanol–water partition coefficient (Wildman–Crippen LogP) is 4.36. The molecule has 11 nitrogen and oxygen atoms in total. The van der Waals surface area contributed by atoms with Gasteiger partial charge in [0.25, 0.3) is 5.91 Å². The number of amides is 2. The number of carbonyl (C=O) groups excluding carboxylic acids is 2. The molecule has 1 atom stereocenters. The standard InChI is InChI=1S/C29H23ClFN7O4/c1-16(20-12-19(41-2)9-10-23(20)31)33-26(39)15-37-14-18-8-7-17(11-21(18)28(37)40)27-22(30)13-32-29(34-27)42-38-25-6-4-3-5-24(25)35-36-38/h3-13,16H,14-15H2,1-2H3,(H,33,39). The van der Waals surface area contributed by atoms with Crippen molar-refractivity contribution in [1.82, 2.24) is 35.3 Å². The van der Waals surface area contributed by atoms with E-state index in [4.69, 9.17) is 21.2 Å². The topological polar surface area (TPSA) is 124 Å². The lowest BCUT2D eigenvalue weighted by Gasteiger charge is -2.19. The van der Waals surface area contributed by atoms with E-state index in [1.54, 1.807) is 37.3 Å². The Hall–Kier alpha value is -5.10. The zero-order valence-electron chi connectivity index (χ0n) is 22.4. The number of methoxy groups -OCH3 is 1. The van der Waals surface area contributed by atoms with E-state index in [2.05, 4.69) is 25.6 Å². The summed E-state index contributed by atoms with van der Waals surface area (Å²) in [5, 5.41) is 11.0. The van der Waals surface area contributed by atoms with Crippen LogP contribution >= 0.6 is 11.6 Å². The number of ether oxygens (including phenoxy) is 1. The lowest BCUT2D eigenvalue weighted by atomic mass is 10.0. The van der Waals surface area contributed by atoms with Gasteiger partial charge in [0.2, 0.25) is 5.91 Å². The highest BCUT2D eigenvalue weighted by molar-refractivity contribution is 6.32. The Balaban J connectivity index is 1.17. The lowest BCUT2D eigenvalue weighted by Crippen LogP contribution is -2.38. The van der Waals surface area contributed by atoms with Crippen LogP contribution in [-0.2, 0) is 11.3 Å². The summed E-state index contributed by atoms with van der Waals surface area (Å²) in [6.45, 7) is 1.71. The maximum absolute atomic E-state index is 14.3. The highest BCUT2D eigenvalue weighted by atomic mass is 35.5. The van der Waals surface area contributed by atoms with Gasteiger partial charge in [0, 0.05) is 23.2 Å². The molecule has 0 saturated heterocycles. The fourth-order valence-electron chi connectivity index (χ4n) is 4.74. The Morgan fingerprint density at radius 3 is 2.83 bits per heavy atom. The second-order valence-corrected chi connectivity index (χ2v) is 10.0. The van der Waals surface area contributed by atoms with Crippen molar-refractivity contribution >= 4 is 34.4 Å². The first-order chi connectivity index (χ1) is 20.3. The molecule has 1 unspecified atom stereocenters. The Morgan fingerprint density at radius 1 is 1.17 bits per heavy atom. The molecule has 0 fully saturated rings. The van der Waals surface area contributed by atoms with Gasteiger partial charge in [-0.2, -0.15) is 4.98 Å². The molecular formula is C29H23ClFN7O4. The maximum Gasteiger partial charge on any atom is 0.346 e. The maximum atomic E-state index is 14.3. The van der Waals surface area contributed by atoms with Crippen molar-refractivity contribution in [2.45, 2.75) is 19.5 Å². The SMILES string of the molecule is COc1ccc(F)c(C(C)NC(=O)CN2Cc3ccc(-c4nc(On5nnc6ccccc65)ncc4Cl)cc3C2=O)c1. The summed E-state index contributed by atoms with van der Waals surface area (Å²) in [7, 11) is 1.48. The quantitative estimate of drug-likeness (QED) is 0.284. The monoisotopic (exact) mass is 587 g/mol. The summed E-state index contributed by atoms with van der Waals surface area (Å²) in [5.41, 5.74) is 3.65. The van der Waals surface area contributed by atoms with Crippen LogP contribution in [0.15, 0.2) is 66.9 Å². The molecule has 13 heteroatoms. The first-order valence-electron chi connectivity index (χ1n) is 12.9. The molecule has 0 spiro atoms. The van der Waals surface area contributed by atoms with Gasteiger partial charge in [-0.1, -0.05) is 40.7 Å². The second-order valence-electron chi connectivity index (χ2n) is 9.60. The first kappa shape index (κ1) is 27.1. The van der Waals surface area contributed by atoms with Crippen molar-refractivity contribution in [2.24, 2.45) is 0 Å². The van der Waals surface area contributed by atoms with Gasteiger partial charge in [-0.3, -0.25) is 9.59 Å². The molecule has 0 aliphatic carbocycles. The molecule has 3 heterocycles. The van der Waals surface area contributed by atoms with Crippen LogP contribution in [0.3, 0.4) is 0 Å². The third-order valence-electron chi connectivity index (χ3n) is 6.86. The van der Waals surface area contributed by atoms with Gasteiger partial charge in [0.1, 0.15) is 29.1 Å². The number of nitrogens with one attached hydrogen (secondary N) is 1. The van der Waals surface area contributed by atoms with E-state index >= 15 is 0 Å². The number of hydrogen-bond donors (Lipinski definition) is 1. The fourth-order valence-corrected chi connectivity index (χ4v) is 4.94. The average Bonchev–Trinajstić information content (AvgIpc) is 3.54. The van der Waals surface area contributed by atoms with Gasteiger partial charge in [-0.15, -0.1) is 5.10 Å². The van der Waals surface area contributed by atoms with Crippen LogP contribution in [0, 0.1) is 5.82 Å². The molecule has 0 bridgehead atoms. The van der Waals surface area contributed by atoms with Crippen molar-refractivity contribution in [3.63, 3.8) is 0 Å². The van der Waals surface area contributed by atoms with Gasteiger partial charge in [0.05, 0.1) is 30.1 Å². The van der Waals surface area contributed by atoms with Crippen LogP contribution in [0.25, 0.3) is 22.3 Å². The van der Waals surface area contributed by atoms with Crippen molar-refractivity contribution in [2.75, 3.05) is 13.7 Å². The number of fused-ring (bicyclic) bond motifs is 2. The van der Waals surface area contributed by atoms with Gasteiger partial charge >= 0.3 is 6.01 Å². The molecule has 212 valence electrons. The van der Waals surface area contributed by atoms with Crippen molar-refractivity contribution in [3.05, 3.63) is 94.4 Å². The highest BCUT2D eigenvalue weighted by Crippen LogP contribution is 2.32. The summed E-state index contributed by atoms with van der Waals surface area (Å²) in [5.74, 6) is -0.736. The normalized spacial score (nSPS) is 13.2. The Labute approximate surface area is 243 Å². The molecule has 0 radical (unpaired) electrons. The third kappa shape index (κ3) is 5.19. The van der Waals surface area contributed by atoms with Crippen LogP contribution in [0.4, 0.5) is 4.39 Å². The molecular weight excluding hydrogens is 565 g/mol. The number of rotatable bonds is 8. The lowest BCUT2D eigenvalue weighted by molar-refractivity contribution is -0.122. The van der Waals surface area contributed by atoms with E-state index in [1.807, 2.05) is 12.1 Å². The number of aromatic nitrogens is 5. The van der Waals surface area contributed by atoms with Gasteiger partial charge < -0.3 is 19.8 Å². The molecule has 42 heavy (non-hydrogen) atoms. The number of carbonyl (C=O) groups is 2. The predicted molar refractivity (Wildman–Crippen MR) is 150 cm³/mol. The molecule has 1 aliphatic rings. The van der Waals surface area contributed by atoms with E-state index < -0.39 is 17.8 Å². The number of halogens is 2. The summed E-state index contributed by atoms with van der Waals surface area (Å²) < 4.78 is 19.5. The Morgan fingerprint density at radius 2 is 2.00 bits per heavy atom. The largest absolute Gasteiger partial charge is 0.497 e. The molecule has 2 aromatic heterocycles. The van der Waals surface area contributed by atoms with E-state index in [0.717, 1.165) is 5.56 Å². The molecule has 0 saturated carbocycles. The molecule has 3 aromatic carbocycles. The van der Waals surface area contributed by atoms with E-state index in [9.17, 15) is 14.0 Å². The minimum atomic E-state index is -0.633. The summed E-state index contributed by atoms with van der Waals surface area (Å²) in [6, 6.07) is 16.2. The fraction of sp³-hybridized carbons (Fsp3) is 0.172. The molecule has 1 aliphatic heterocycles. The summed E-state index contributed by atoms with van der Waals surface area (Å²) in [6.07, 6.45) is 1.40. The van der Waals surface area contributed by atoms with Crippen molar-refractivity contribution in [3.8, 4) is 23.0 Å². The van der Waals surface area contributed by atoms with Gasteiger partial charge in [0.15, 0.2) is 0 Å². The first-order valence-corrected chi connectivity index (χ1v) is 13.2. The minimum absolute atomic E-state index is 0.0169. The molecule has 1 N–H and O–H groups in total. The van der Waals surface area contributed by atoms with Crippen molar-refractivity contribution in [1.29, 1.82) is 0 Å². The number of hydrogen-bond acceptors (Lipinski definition) is 8. The third-order valence-corrected chi connectivity index (χ3v) is 7.13. The highest BCUT2D eigenvalue weighted by Gasteiger charge is 2.30. The minimum Gasteiger partial charge on any atom is -0.497 e. The number of para-hydroxylation sites is 1. The zero-order chi connectivity index (χ0) is 29.4. The average molecular weight is 588 g/mol. The van der Waals surface area contributed by atoms with Crippen LogP contribution in [0.5, 0.6) is 11.8 Å².